The van der Waals surface area contributed by atoms with Gasteiger partial charge in [-0.3, -0.25) is 0 Å². The van der Waals surface area contributed by atoms with Crippen molar-refractivity contribution in [2.24, 2.45) is 0 Å². The first kappa shape index (κ1) is 20.0. The Morgan fingerprint density at radius 1 is 0.500 bits per heavy atom. The number of hydrogen-bond donors (Lipinski definition) is 0. The third-order valence-corrected chi connectivity index (χ3v) is 6.00. The monoisotopic (exact) mass is 410 g/mol. The van der Waals surface area contributed by atoms with Crippen molar-refractivity contribution in [3.63, 3.8) is 0 Å². The largest absolute Gasteiger partial charge is 0.0622 e. The van der Waals surface area contributed by atoms with Crippen LogP contribution in [-0.2, 0) is 6.42 Å². The van der Waals surface area contributed by atoms with Crippen LogP contribution >= 0.6 is 0 Å². The van der Waals surface area contributed by atoms with Crippen molar-refractivity contribution in [3.8, 4) is 22.3 Å². The van der Waals surface area contributed by atoms with Crippen LogP contribution in [0.5, 0.6) is 0 Å². The summed E-state index contributed by atoms with van der Waals surface area (Å²) in [6.07, 6.45) is 5.43. The van der Waals surface area contributed by atoms with Gasteiger partial charge in [-0.2, -0.15) is 0 Å². The average Bonchev–Trinajstić information content (AvgIpc) is 2.88. The fraction of sp³-hybridized carbons (Fsp3) is 0.0625. The predicted octanol–water partition coefficient (Wildman–Crippen LogP) is 8.91. The summed E-state index contributed by atoms with van der Waals surface area (Å²) >= 11 is 0. The molecule has 0 atom stereocenters. The molecule has 0 saturated heterocycles. The number of fused-ring (bicyclic) bond motifs is 1. The van der Waals surface area contributed by atoms with E-state index in [2.05, 4.69) is 134 Å². The van der Waals surface area contributed by atoms with Crippen LogP contribution in [0.25, 0.3) is 45.2 Å². The zero-order valence-electron chi connectivity index (χ0n) is 18.3. The lowest BCUT2D eigenvalue weighted by molar-refractivity contribution is 1.15. The topological polar surface area (TPSA) is 0 Å². The Morgan fingerprint density at radius 2 is 1.00 bits per heavy atom. The summed E-state index contributed by atoms with van der Waals surface area (Å²) in [5, 5.41) is 2.61. The standard InChI is InChI=1S/C32H26/c1-2-24-20-29(27-14-8-4-9-15-27)32-23-26(19-18-25-12-6-3-7-13-25)22-30(31(32)21-24)28-16-10-5-11-17-28/h3-23H,2H2,1H3/b19-18+. The van der Waals surface area contributed by atoms with Crippen LogP contribution in [0.15, 0.2) is 115 Å². The molecule has 0 radical (unpaired) electrons. The fourth-order valence-corrected chi connectivity index (χ4v) is 4.31. The van der Waals surface area contributed by atoms with Crippen molar-refractivity contribution < 1.29 is 0 Å². The molecule has 0 nitrogen and oxygen atoms in total. The van der Waals surface area contributed by atoms with E-state index in [0.717, 1.165) is 6.42 Å². The third kappa shape index (κ3) is 4.13. The summed E-state index contributed by atoms with van der Waals surface area (Å²) < 4.78 is 0. The SMILES string of the molecule is CCc1cc(-c2ccccc2)c2cc(/C=C/c3ccccc3)cc(-c3ccccc3)c2c1. The third-order valence-electron chi connectivity index (χ3n) is 6.00. The van der Waals surface area contributed by atoms with Crippen molar-refractivity contribution in [3.05, 3.63) is 132 Å². The molecule has 0 aromatic heterocycles. The number of hydrogen-bond acceptors (Lipinski definition) is 0. The maximum atomic E-state index is 2.37. The van der Waals surface area contributed by atoms with E-state index in [0.29, 0.717) is 0 Å². The van der Waals surface area contributed by atoms with Gasteiger partial charge >= 0.3 is 0 Å². The molecule has 0 aliphatic carbocycles. The number of rotatable bonds is 5. The van der Waals surface area contributed by atoms with E-state index in [1.54, 1.807) is 0 Å². The van der Waals surface area contributed by atoms with Crippen LogP contribution in [-0.4, -0.2) is 0 Å². The summed E-state index contributed by atoms with van der Waals surface area (Å²) in [4.78, 5) is 0. The van der Waals surface area contributed by atoms with E-state index in [1.807, 2.05) is 0 Å². The number of benzene rings is 5. The molecule has 5 rings (SSSR count). The van der Waals surface area contributed by atoms with Crippen molar-refractivity contribution in [2.75, 3.05) is 0 Å². The molecule has 5 aromatic rings. The minimum atomic E-state index is 1.01. The second-order valence-electron chi connectivity index (χ2n) is 8.14. The molecule has 0 spiro atoms. The first-order valence-electron chi connectivity index (χ1n) is 11.3. The molecule has 0 bridgehead atoms. The summed E-state index contributed by atoms with van der Waals surface area (Å²) in [7, 11) is 0. The highest BCUT2D eigenvalue weighted by Crippen LogP contribution is 2.37. The fourth-order valence-electron chi connectivity index (χ4n) is 4.31. The Bertz CT molecular complexity index is 1360. The summed E-state index contributed by atoms with van der Waals surface area (Å²) in [6, 6.07) is 41.4. The average molecular weight is 411 g/mol. The predicted molar refractivity (Wildman–Crippen MR) is 140 cm³/mol. The Kier molecular flexibility index (Phi) is 5.68. The van der Waals surface area contributed by atoms with E-state index in [-0.39, 0.29) is 0 Å². The minimum Gasteiger partial charge on any atom is -0.0622 e. The maximum Gasteiger partial charge on any atom is -0.00930 e. The molecule has 0 amide bonds. The molecule has 32 heavy (non-hydrogen) atoms. The quantitative estimate of drug-likeness (QED) is 0.254. The second kappa shape index (κ2) is 9.08. The number of aryl methyl sites for hydroxylation is 1. The van der Waals surface area contributed by atoms with Crippen LogP contribution < -0.4 is 0 Å². The molecule has 154 valence electrons. The summed E-state index contributed by atoms with van der Waals surface area (Å²) in [5.74, 6) is 0. The molecule has 0 saturated carbocycles. The molecule has 0 fully saturated rings. The Hall–Kier alpha value is -3.90. The van der Waals surface area contributed by atoms with Gasteiger partial charge in [0.15, 0.2) is 0 Å². The van der Waals surface area contributed by atoms with Crippen molar-refractivity contribution >= 4 is 22.9 Å². The molecule has 0 aliphatic rings. The van der Waals surface area contributed by atoms with E-state index < -0.39 is 0 Å². The maximum absolute atomic E-state index is 2.37. The highest BCUT2D eigenvalue weighted by Gasteiger charge is 2.12. The van der Waals surface area contributed by atoms with Gasteiger partial charge in [-0.15, -0.1) is 0 Å². The van der Waals surface area contributed by atoms with Crippen LogP contribution in [0.3, 0.4) is 0 Å². The molecule has 0 unspecified atom stereocenters. The zero-order chi connectivity index (χ0) is 21.8. The molecule has 0 N–H and O–H groups in total. The molecule has 0 aliphatic heterocycles. The Balaban J connectivity index is 1.78. The van der Waals surface area contributed by atoms with Gasteiger partial charge in [0.2, 0.25) is 0 Å². The van der Waals surface area contributed by atoms with Gasteiger partial charge in [0.25, 0.3) is 0 Å². The van der Waals surface area contributed by atoms with Gasteiger partial charge < -0.3 is 0 Å². The lowest BCUT2D eigenvalue weighted by atomic mass is 9.88. The highest BCUT2D eigenvalue weighted by atomic mass is 14.2. The van der Waals surface area contributed by atoms with E-state index in [4.69, 9.17) is 0 Å². The van der Waals surface area contributed by atoms with Gasteiger partial charge in [0.1, 0.15) is 0 Å². The van der Waals surface area contributed by atoms with Crippen molar-refractivity contribution in [1.82, 2.24) is 0 Å². The smallest absolute Gasteiger partial charge is 0.00930 e. The first-order valence-corrected chi connectivity index (χ1v) is 11.3. The van der Waals surface area contributed by atoms with Crippen molar-refractivity contribution in [1.29, 1.82) is 0 Å². The summed E-state index contributed by atoms with van der Waals surface area (Å²) in [6.45, 7) is 2.23. The highest BCUT2D eigenvalue weighted by molar-refractivity contribution is 6.06. The molecular weight excluding hydrogens is 384 g/mol. The van der Waals surface area contributed by atoms with Gasteiger partial charge in [-0.1, -0.05) is 122 Å². The van der Waals surface area contributed by atoms with Gasteiger partial charge in [0, 0.05) is 0 Å². The van der Waals surface area contributed by atoms with Crippen LogP contribution in [0.2, 0.25) is 0 Å². The van der Waals surface area contributed by atoms with E-state index in [1.165, 1.54) is 49.7 Å². The minimum absolute atomic E-state index is 1.01. The molecule has 0 heteroatoms. The van der Waals surface area contributed by atoms with Crippen LogP contribution in [0, 0.1) is 0 Å². The van der Waals surface area contributed by atoms with Gasteiger partial charge in [-0.25, -0.2) is 0 Å². The van der Waals surface area contributed by atoms with Gasteiger partial charge in [-0.05, 0) is 68.3 Å². The van der Waals surface area contributed by atoms with Crippen LogP contribution in [0.1, 0.15) is 23.6 Å². The molecule has 0 heterocycles. The lowest BCUT2D eigenvalue weighted by Gasteiger charge is -2.15. The van der Waals surface area contributed by atoms with Crippen molar-refractivity contribution in [2.45, 2.75) is 13.3 Å². The Morgan fingerprint density at radius 3 is 1.59 bits per heavy atom. The van der Waals surface area contributed by atoms with E-state index >= 15 is 0 Å². The normalized spacial score (nSPS) is 11.3. The molecule has 5 aromatic carbocycles. The molecular formula is C32H26. The first-order chi connectivity index (χ1) is 15.8. The lowest BCUT2D eigenvalue weighted by Crippen LogP contribution is -1.91. The van der Waals surface area contributed by atoms with Gasteiger partial charge in [0.05, 0.1) is 0 Å². The summed E-state index contributed by atoms with van der Waals surface area (Å²) in [5.41, 5.74) is 8.87. The Labute approximate surface area is 190 Å². The second-order valence-corrected chi connectivity index (χ2v) is 8.14. The van der Waals surface area contributed by atoms with Crippen LogP contribution in [0.4, 0.5) is 0 Å². The zero-order valence-corrected chi connectivity index (χ0v) is 18.3. The van der Waals surface area contributed by atoms with E-state index in [9.17, 15) is 0 Å².